The molecule has 0 amide bonds. The number of hydrogen-bond acceptors (Lipinski definition) is 4. The second kappa shape index (κ2) is 8.16. The second-order valence-electron chi connectivity index (χ2n) is 7.45. The van der Waals surface area contributed by atoms with Crippen molar-refractivity contribution in [2.24, 2.45) is 0 Å². The lowest BCUT2D eigenvalue weighted by Crippen LogP contribution is -2.52. The van der Waals surface area contributed by atoms with Crippen molar-refractivity contribution < 1.29 is 13.2 Å². The molecule has 0 radical (unpaired) electrons. The summed E-state index contributed by atoms with van der Waals surface area (Å²) in [7, 11) is -1.85. The Morgan fingerprint density at radius 1 is 1.20 bits per heavy atom. The van der Waals surface area contributed by atoms with Gasteiger partial charge in [0, 0.05) is 38.4 Å². The Bertz CT molecular complexity index is 644. The van der Waals surface area contributed by atoms with Crippen LogP contribution in [0.3, 0.4) is 0 Å². The van der Waals surface area contributed by atoms with Crippen LogP contribution in [0.15, 0.2) is 35.2 Å². The molecule has 1 N–H and O–H groups in total. The molecule has 0 bridgehead atoms. The van der Waals surface area contributed by atoms with Crippen molar-refractivity contribution in [3.8, 4) is 0 Å². The molecule has 2 fully saturated rings. The van der Waals surface area contributed by atoms with Crippen molar-refractivity contribution in [2.75, 3.05) is 26.8 Å². The van der Waals surface area contributed by atoms with E-state index >= 15 is 0 Å². The summed E-state index contributed by atoms with van der Waals surface area (Å²) >= 11 is 0. The van der Waals surface area contributed by atoms with Crippen molar-refractivity contribution >= 4 is 10.0 Å². The third-order valence-corrected chi connectivity index (χ3v) is 7.26. The highest BCUT2D eigenvalue weighted by atomic mass is 32.2. The number of methoxy groups -OCH3 is 1. The molecule has 0 spiro atoms. The second-order valence-corrected chi connectivity index (χ2v) is 9.14. The van der Waals surface area contributed by atoms with Crippen LogP contribution in [-0.2, 0) is 14.8 Å². The molecular formula is C19H30N2O3S. The number of rotatable bonds is 7. The van der Waals surface area contributed by atoms with E-state index in [1.165, 1.54) is 32.1 Å². The van der Waals surface area contributed by atoms with Gasteiger partial charge in [-0.1, -0.05) is 37.5 Å². The molecule has 0 unspecified atom stereocenters. The molecule has 25 heavy (non-hydrogen) atoms. The lowest BCUT2D eigenvalue weighted by atomic mass is 9.93. The van der Waals surface area contributed by atoms with Crippen LogP contribution in [0.4, 0.5) is 0 Å². The van der Waals surface area contributed by atoms with E-state index in [-0.39, 0.29) is 0 Å². The van der Waals surface area contributed by atoms with Crippen molar-refractivity contribution in [3.05, 3.63) is 30.3 Å². The summed E-state index contributed by atoms with van der Waals surface area (Å²) in [4.78, 5) is 2.84. The minimum Gasteiger partial charge on any atom is -0.385 e. The molecule has 140 valence electrons. The number of sulfonamides is 1. The summed E-state index contributed by atoms with van der Waals surface area (Å²) in [6.07, 6.45) is 7.96. The topological polar surface area (TPSA) is 58.6 Å². The Labute approximate surface area is 151 Å². The molecule has 1 aliphatic carbocycles. The SMILES string of the molecule is COCC[C@]1(NS(=O)(=O)c2ccccc2)CCN(C2CCCCC2)C1. The van der Waals surface area contributed by atoms with E-state index in [4.69, 9.17) is 4.74 Å². The Morgan fingerprint density at radius 3 is 2.60 bits per heavy atom. The predicted octanol–water partition coefficient (Wildman–Crippen LogP) is 2.78. The van der Waals surface area contributed by atoms with Crippen LogP contribution in [0, 0.1) is 0 Å². The maximum absolute atomic E-state index is 12.9. The Balaban J connectivity index is 1.75. The third kappa shape index (κ3) is 4.61. The molecule has 0 aromatic heterocycles. The average Bonchev–Trinajstić information content (AvgIpc) is 3.05. The quantitative estimate of drug-likeness (QED) is 0.806. The van der Waals surface area contributed by atoms with Gasteiger partial charge in [-0.05, 0) is 37.8 Å². The summed E-state index contributed by atoms with van der Waals surface area (Å²) in [5.41, 5.74) is -0.428. The van der Waals surface area contributed by atoms with Crippen LogP contribution in [-0.4, -0.2) is 51.7 Å². The lowest BCUT2D eigenvalue weighted by Gasteiger charge is -2.34. The molecule has 3 rings (SSSR count). The van der Waals surface area contributed by atoms with Gasteiger partial charge in [0.1, 0.15) is 0 Å². The Kier molecular flexibility index (Phi) is 6.15. The number of nitrogens with zero attached hydrogens (tertiary/aromatic N) is 1. The van der Waals surface area contributed by atoms with E-state index in [1.54, 1.807) is 31.4 Å². The molecule has 1 saturated carbocycles. The van der Waals surface area contributed by atoms with Gasteiger partial charge >= 0.3 is 0 Å². The largest absolute Gasteiger partial charge is 0.385 e. The fourth-order valence-corrected chi connectivity index (χ4v) is 5.71. The van der Waals surface area contributed by atoms with Gasteiger partial charge < -0.3 is 4.74 Å². The van der Waals surface area contributed by atoms with Crippen molar-refractivity contribution in [1.82, 2.24) is 9.62 Å². The first-order valence-corrected chi connectivity index (χ1v) is 10.9. The first-order chi connectivity index (χ1) is 12.0. The van der Waals surface area contributed by atoms with Crippen LogP contribution in [0.25, 0.3) is 0 Å². The number of ether oxygens (including phenoxy) is 1. The molecule has 2 aliphatic rings. The molecule has 1 heterocycles. The first kappa shape index (κ1) is 18.8. The summed E-state index contributed by atoms with van der Waals surface area (Å²) in [5.74, 6) is 0. The molecule has 1 atom stereocenters. The van der Waals surface area contributed by atoms with Crippen LogP contribution >= 0.6 is 0 Å². The van der Waals surface area contributed by atoms with E-state index < -0.39 is 15.6 Å². The zero-order chi connectivity index (χ0) is 17.8. The maximum atomic E-state index is 12.9. The number of benzene rings is 1. The monoisotopic (exact) mass is 366 g/mol. The van der Waals surface area contributed by atoms with Gasteiger partial charge in [-0.25, -0.2) is 13.1 Å². The fourth-order valence-electron chi connectivity index (χ4n) is 4.24. The molecule has 1 aliphatic heterocycles. The van der Waals surface area contributed by atoms with Crippen LogP contribution in [0.1, 0.15) is 44.9 Å². The van der Waals surface area contributed by atoms with E-state index in [0.717, 1.165) is 19.5 Å². The normalized spacial score (nSPS) is 26.1. The fraction of sp³-hybridized carbons (Fsp3) is 0.684. The maximum Gasteiger partial charge on any atom is 0.241 e. The Morgan fingerprint density at radius 2 is 1.92 bits per heavy atom. The van der Waals surface area contributed by atoms with Gasteiger partial charge in [-0.2, -0.15) is 0 Å². The first-order valence-electron chi connectivity index (χ1n) is 9.37. The van der Waals surface area contributed by atoms with Crippen molar-refractivity contribution in [2.45, 2.75) is 61.4 Å². The highest BCUT2D eigenvalue weighted by Crippen LogP contribution is 2.32. The number of hydrogen-bond donors (Lipinski definition) is 1. The van der Waals surface area contributed by atoms with Gasteiger partial charge in [0.2, 0.25) is 10.0 Å². The van der Waals surface area contributed by atoms with Crippen LogP contribution in [0.2, 0.25) is 0 Å². The minimum atomic E-state index is -3.52. The van der Waals surface area contributed by atoms with Gasteiger partial charge in [0.25, 0.3) is 0 Å². The van der Waals surface area contributed by atoms with E-state index in [9.17, 15) is 8.42 Å². The number of likely N-dealkylation sites (tertiary alicyclic amines) is 1. The summed E-state index contributed by atoms with van der Waals surface area (Å²) in [6.45, 7) is 2.31. The van der Waals surface area contributed by atoms with Gasteiger partial charge in [0.05, 0.1) is 4.90 Å². The van der Waals surface area contributed by atoms with Gasteiger partial charge in [-0.3, -0.25) is 4.90 Å². The lowest BCUT2D eigenvalue weighted by molar-refractivity contribution is 0.147. The summed E-state index contributed by atoms with van der Waals surface area (Å²) < 4.78 is 34.1. The van der Waals surface area contributed by atoms with Gasteiger partial charge in [-0.15, -0.1) is 0 Å². The van der Waals surface area contributed by atoms with Crippen molar-refractivity contribution in [1.29, 1.82) is 0 Å². The van der Waals surface area contributed by atoms with E-state index in [0.29, 0.717) is 24.0 Å². The molecule has 1 saturated heterocycles. The summed E-state index contributed by atoms with van der Waals surface area (Å²) in [5, 5.41) is 0. The molecule has 5 nitrogen and oxygen atoms in total. The van der Waals surface area contributed by atoms with Crippen molar-refractivity contribution in [3.63, 3.8) is 0 Å². The number of nitrogens with one attached hydrogen (secondary N) is 1. The standard InChI is InChI=1S/C19H30N2O3S/c1-24-15-13-19(20-25(22,23)18-10-6-3-7-11-18)12-14-21(16-19)17-8-4-2-5-9-17/h3,6-7,10-11,17,20H,2,4-5,8-9,12-16H2,1H3/t19-/m1/s1. The molecule has 6 heteroatoms. The highest BCUT2D eigenvalue weighted by Gasteiger charge is 2.43. The summed E-state index contributed by atoms with van der Waals surface area (Å²) in [6, 6.07) is 9.28. The zero-order valence-electron chi connectivity index (χ0n) is 15.1. The molecule has 1 aromatic rings. The predicted molar refractivity (Wildman–Crippen MR) is 99.1 cm³/mol. The van der Waals surface area contributed by atoms with E-state index in [1.807, 2.05) is 6.07 Å². The van der Waals surface area contributed by atoms with Crippen LogP contribution < -0.4 is 4.72 Å². The molecular weight excluding hydrogens is 336 g/mol. The average molecular weight is 367 g/mol. The van der Waals surface area contributed by atoms with Gasteiger partial charge in [0.15, 0.2) is 0 Å². The zero-order valence-corrected chi connectivity index (χ0v) is 15.9. The minimum absolute atomic E-state index is 0.336. The van der Waals surface area contributed by atoms with E-state index in [2.05, 4.69) is 9.62 Å². The van der Waals surface area contributed by atoms with Crippen LogP contribution in [0.5, 0.6) is 0 Å². The smallest absolute Gasteiger partial charge is 0.241 e. The Hall–Kier alpha value is -0.950. The molecule has 1 aromatic carbocycles. The highest BCUT2D eigenvalue weighted by molar-refractivity contribution is 7.89. The third-order valence-electron chi connectivity index (χ3n) is 5.66.